The molecule has 8 nitrogen and oxygen atoms in total. The highest BCUT2D eigenvalue weighted by molar-refractivity contribution is 5.96. The molecular formula is C24H22FN5O3. The number of ether oxygens (including phenoxy) is 2. The Labute approximate surface area is 190 Å². The van der Waals surface area contributed by atoms with Gasteiger partial charge in [0.05, 0.1) is 37.0 Å². The fourth-order valence-corrected chi connectivity index (χ4v) is 3.91. The van der Waals surface area contributed by atoms with Crippen LogP contribution in [0.1, 0.15) is 24.5 Å². The van der Waals surface area contributed by atoms with Gasteiger partial charge >= 0.3 is 0 Å². The van der Waals surface area contributed by atoms with Gasteiger partial charge in [0.2, 0.25) is 11.6 Å². The predicted molar refractivity (Wildman–Crippen MR) is 120 cm³/mol. The van der Waals surface area contributed by atoms with Crippen LogP contribution in [-0.2, 0) is 11.8 Å². The Balaban J connectivity index is 1.72. The van der Waals surface area contributed by atoms with Crippen molar-refractivity contribution in [3.05, 3.63) is 53.3 Å². The van der Waals surface area contributed by atoms with Crippen molar-refractivity contribution in [3.8, 4) is 23.5 Å². The van der Waals surface area contributed by atoms with Gasteiger partial charge in [-0.3, -0.25) is 9.48 Å². The molecular weight excluding hydrogens is 425 g/mol. The number of carbonyl (C=O) groups excluding carboxylic acids is 1. The number of rotatable bonds is 5. The van der Waals surface area contributed by atoms with E-state index in [2.05, 4.69) is 32.1 Å². The molecule has 1 saturated heterocycles. The highest BCUT2D eigenvalue weighted by Gasteiger charge is 2.41. The van der Waals surface area contributed by atoms with Crippen molar-refractivity contribution in [1.82, 2.24) is 20.1 Å². The first-order chi connectivity index (χ1) is 15.9. The maximum atomic E-state index is 14.1. The Kier molecular flexibility index (Phi) is 6.14. The van der Waals surface area contributed by atoms with Crippen LogP contribution in [-0.4, -0.2) is 46.6 Å². The largest absolute Gasteiger partial charge is 0.508 e. The highest BCUT2D eigenvalue weighted by atomic mass is 19.1. The second-order valence-electron chi connectivity index (χ2n) is 7.71. The van der Waals surface area contributed by atoms with Gasteiger partial charge in [0.25, 0.3) is 5.91 Å². The van der Waals surface area contributed by atoms with E-state index in [9.17, 15) is 9.18 Å². The van der Waals surface area contributed by atoms with Crippen molar-refractivity contribution in [2.45, 2.75) is 25.6 Å². The fraction of sp³-hybridized carbons (Fsp3) is 0.333. The normalized spacial score (nSPS) is 19.5. The lowest BCUT2D eigenvalue weighted by atomic mass is 9.97. The zero-order chi connectivity index (χ0) is 23.5. The minimum absolute atomic E-state index is 0.0698. The maximum absolute atomic E-state index is 14.1. The molecule has 0 saturated carbocycles. The average Bonchev–Trinajstić information content (AvgIpc) is 3.36. The number of hydrogen-bond donors (Lipinski definition) is 1. The van der Waals surface area contributed by atoms with Gasteiger partial charge in [-0.05, 0) is 23.9 Å². The summed E-state index contributed by atoms with van der Waals surface area (Å²) in [5.74, 6) is 5.73. The van der Waals surface area contributed by atoms with Crippen molar-refractivity contribution < 1.29 is 18.7 Å². The quantitative estimate of drug-likeness (QED) is 0.480. The van der Waals surface area contributed by atoms with Gasteiger partial charge in [0.1, 0.15) is 12.4 Å². The average molecular weight is 447 g/mol. The summed E-state index contributed by atoms with van der Waals surface area (Å²) in [4.78, 5) is 19.7. The van der Waals surface area contributed by atoms with Crippen LogP contribution in [0.5, 0.6) is 11.6 Å². The zero-order valence-corrected chi connectivity index (χ0v) is 18.4. The summed E-state index contributed by atoms with van der Waals surface area (Å²) >= 11 is 0. The Bertz CT molecular complexity index is 1320. The molecule has 1 amide bonds. The minimum Gasteiger partial charge on any atom is -0.508 e. The van der Waals surface area contributed by atoms with Gasteiger partial charge < -0.3 is 14.8 Å². The van der Waals surface area contributed by atoms with Gasteiger partial charge in [0, 0.05) is 30.7 Å². The van der Waals surface area contributed by atoms with Crippen LogP contribution in [0.25, 0.3) is 15.6 Å². The zero-order valence-electron chi connectivity index (χ0n) is 18.4. The van der Waals surface area contributed by atoms with E-state index in [4.69, 9.17) is 16.0 Å². The SMILES string of the molecule is [C-]#[N+]c1cc2c(C#Cc3cnn(C)c3)cnc(OC[C@H]3NC(=O)[C@@H](F)[C@H]3CC)c2cc1OC. The number of halogens is 1. The molecule has 1 aliphatic rings. The standard InChI is InChI=1S/C24H22FN5O3/c1-5-16-20(29-23(31)22(16)25)13-33-24-18-9-21(32-4)19(26-2)8-17(18)15(11-27-24)7-6-14-10-28-30(3)12-14/h8-12,16,20,22H,5,13H2,1,3-4H3,(H,29,31)/t16-,20+,22-/m0/s1. The van der Waals surface area contributed by atoms with E-state index in [1.807, 2.05) is 14.0 Å². The molecule has 9 heteroatoms. The molecule has 168 valence electrons. The van der Waals surface area contributed by atoms with E-state index in [-0.39, 0.29) is 12.5 Å². The third-order valence-electron chi connectivity index (χ3n) is 5.66. The van der Waals surface area contributed by atoms with Gasteiger partial charge in [-0.2, -0.15) is 5.10 Å². The summed E-state index contributed by atoms with van der Waals surface area (Å²) in [5, 5.41) is 8.04. The number of nitrogens with zero attached hydrogens (tertiary/aromatic N) is 4. The predicted octanol–water partition coefficient (Wildman–Crippen LogP) is 3.17. The van der Waals surface area contributed by atoms with Gasteiger partial charge in [-0.15, -0.1) is 0 Å². The molecule has 1 aromatic carbocycles. The third-order valence-corrected chi connectivity index (χ3v) is 5.66. The summed E-state index contributed by atoms with van der Waals surface area (Å²) < 4.78 is 27.1. The number of carbonyl (C=O) groups is 1. The van der Waals surface area contributed by atoms with Crippen LogP contribution < -0.4 is 14.8 Å². The lowest BCUT2D eigenvalue weighted by molar-refractivity contribution is -0.123. The molecule has 0 aliphatic carbocycles. The van der Waals surface area contributed by atoms with Crippen LogP contribution in [0, 0.1) is 24.3 Å². The lowest BCUT2D eigenvalue weighted by Gasteiger charge is -2.19. The second-order valence-corrected chi connectivity index (χ2v) is 7.71. The number of fused-ring (bicyclic) bond motifs is 1. The Morgan fingerprint density at radius 3 is 2.79 bits per heavy atom. The molecule has 0 radical (unpaired) electrons. The maximum Gasteiger partial charge on any atom is 0.255 e. The van der Waals surface area contributed by atoms with Crippen molar-refractivity contribution in [1.29, 1.82) is 0 Å². The number of alkyl halides is 1. The Hall–Kier alpha value is -4.11. The summed E-state index contributed by atoms with van der Waals surface area (Å²) in [6.07, 6.45) is 3.99. The van der Waals surface area contributed by atoms with Crippen molar-refractivity contribution in [3.63, 3.8) is 0 Å². The highest BCUT2D eigenvalue weighted by Crippen LogP contribution is 2.37. The number of pyridine rings is 1. The first-order valence-electron chi connectivity index (χ1n) is 10.4. The van der Waals surface area contributed by atoms with Crippen LogP contribution >= 0.6 is 0 Å². The minimum atomic E-state index is -1.54. The molecule has 3 atom stereocenters. The first kappa shape index (κ1) is 22.1. The molecule has 0 bridgehead atoms. The molecule has 2 aromatic heterocycles. The van der Waals surface area contributed by atoms with Crippen LogP contribution in [0.4, 0.5) is 10.1 Å². The molecule has 1 N–H and O–H groups in total. The van der Waals surface area contributed by atoms with E-state index in [1.165, 1.54) is 7.11 Å². The number of amides is 1. The monoisotopic (exact) mass is 447 g/mol. The van der Waals surface area contributed by atoms with Gasteiger partial charge in [-0.25, -0.2) is 14.2 Å². The van der Waals surface area contributed by atoms with Gasteiger partial charge in [-0.1, -0.05) is 18.8 Å². The van der Waals surface area contributed by atoms with Crippen LogP contribution in [0.3, 0.4) is 0 Å². The molecule has 1 fully saturated rings. The fourth-order valence-electron chi connectivity index (χ4n) is 3.91. The molecule has 33 heavy (non-hydrogen) atoms. The number of nitrogens with one attached hydrogen (secondary N) is 1. The molecule has 4 rings (SSSR count). The Morgan fingerprint density at radius 2 is 2.12 bits per heavy atom. The summed E-state index contributed by atoms with van der Waals surface area (Å²) in [7, 11) is 3.29. The summed E-state index contributed by atoms with van der Waals surface area (Å²) in [5.41, 5.74) is 1.69. The van der Waals surface area contributed by atoms with Crippen LogP contribution in [0.2, 0.25) is 0 Å². The van der Waals surface area contributed by atoms with Crippen molar-refractivity contribution in [2.75, 3.05) is 13.7 Å². The van der Waals surface area contributed by atoms with Crippen LogP contribution in [0.15, 0.2) is 30.7 Å². The van der Waals surface area contributed by atoms with E-state index >= 15 is 0 Å². The summed E-state index contributed by atoms with van der Waals surface area (Å²) in [6, 6.07) is 2.92. The third kappa shape index (κ3) is 4.31. The van der Waals surface area contributed by atoms with E-state index in [0.717, 1.165) is 5.56 Å². The molecule has 3 heterocycles. The topological polar surface area (TPSA) is 82.6 Å². The second kappa shape index (κ2) is 9.17. The lowest BCUT2D eigenvalue weighted by Crippen LogP contribution is -2.34. The number of hydrogen-bond acceptors (Lipinski definition) is 5. The smallest absolute Gasteiger partial charge is 0.255 e. The van der Waals surface area contributed by atoms with E-state index in [1.54, 1.807) is 35.4 Å². The van der Waals surface area contributed by atoms with E-state index < -0.39 is 24.0 Å². The summed E-state index contributed by atoms with van der Waals surface area (Å²) in [6.45, 7) is 9.39. The molecule has 0 unspecified atom stereocenters. The molecule has 3 aromatic rings. The number of methoxy groups -OCH3 is 1. The van der Waals surface area contributed by atoms with Crippen molar-refractivity contribution in [2.24, 2.45) is 13.0 Å². The number of aromatic nitrogens is 3. The number of aryl methyl sites for hydroxylation is 1. The molecule has 0 spiro atoms. The van der Waals surface area contributed by atoms with Crippen molar-refractivity contribution >= 4 is 22.4 Å². The first-order valence-corrected chi connectivity index (χ1v) is 10.4. The van der Waals surface area contributed by atoms with Gasteiger partial charge in [0.15, 0.2) is 6.17 Å². The molecule has 1 aliphatic heterocycles. The Morgan fingerprint density at radius 1 is 1.30 bits per heavy atom. The van der Waals surface area contributed by atoms with E-state index in [0.29, 0.717) is 34.2 Å². The number of benzene rings is 1.